The summed E-state index contributed by atoms with van der Waals surface area (Å²) < 4.78 is 2.17. The average molecular weight is 249 g/mol. The van der Waals surface area contributed by atoms with Gasteiger partial charge in [0.2, 0.25) is 0 Å². The molecule has 1 aliphatic rings. The lowest BCUT2D eigenvalue weighted by Crippen LogP contribution is -2.14. The molecule has 0 radical (unpaired) electrons. The molecule has 0 aliphatic carbocycles. The fourth-order valence-corrected chi connectivity index (χ4v) is 2.84. The first-order valence-corrected chi connectivity index (χ1v) is 6.72. The number of aromatic nitrogens is 2. The van der Waals surface area contributed by atoms with Gasteiger partial charge in [0, 0.05) is 6.54 Å². The first-order valence-electron chi connectivity index (χ1n) is 6.72. The fraction of sp³-hybridized carbons (Fsp3) is 0.188. The van der Waals surface area contributed by atoms with Crippen molar-refractivity contribution in [3.05, 3.63) is 54.4 Å². The third-order valence-corrected chi connectivity index (χ3v) is 3.77. The second-order valence-corrected chi connectivity index (χ2v) is 4.94. The number of imidazole rings is 1. The summed E-state index contributed by atoms with van der Waals surface area (Å²) in [6.45, 7) is 1.05. The Bertz CT molecular complexity index is 743. The third-order valence-electron chi connectivity index (χ3n) is 3.77. The Balaban J connectivity index is 1.97. The van der Waals surface area contributed by atoms with Gasteiger partial charge in [0.15, 0.2) is 0 Å². The SMILES string of the molecule is c1cc2c(c(-n3cnc4ccccc43)c1)NCCC2. The van der Waals surface area contributed by atoms with Crippen LogP contribution in [0.1, 0.15) is 12.0 Å². The van der Waals surface area contributed by atoms with Crippen LogP contribution < -0.4 is 5.32 Å². The topological polar surface area (TPSA) is 29.9 Å². The molecule has 0 amide bonds. The summed E-state index contributed by atoms with van der Waals surface area (Å²) in [6, 6.07) is 14.8. The Hall–Kier alpha value is -2.29. The molecule has 0 saturated heterocycles. The van der Waals surface area contributed by atoms with E-state index in [4.69, 9.17) is 0 Å². The maximum absolute atomic E-state index is 4.48. The van der Waals surface area contributed by atoms with Gasteiger partial charge < -0.3 is 5.32 Å². The van der Waals surface area contributed by atoms with Crippen LogP contribution in [0.15, 0.2) is 48.8 Å². The molecule has 3 aromatic rings. The van der Waals surface area contributed by atoms with E-state index in [0.29, 0.717) is 0 Å². The minimum atomic E-state index is 1.04. The van der Waals surface area contributed by atoms with Crippen molar-refractivity contribution >= 4 is 16.7 Å². The molecule has 0 unspecified atom stereocenters. The highest BCUT2D eigenvalue weighted by molar-refractivity contribution is 5.80. The van der Waals surface area contributed by atoms with E-state index in [1.54, 1.807) is 0 Å². The number of rotatable bonds is 1. The zero-order chi connectivity index (χ0) is 12.7. The van der Waals surface area contributed by atoms with Crippen LogP contribution in [0.4, 0.5) is 5.69 Å². The maximum atomic E-state index is 4.48. The van der Waals surface area contributed by atoms with Crippen molar-refractivity contribution in [1.29, 1.82) is 0 Å². The Labute approximate surface area is 111 Å². The number of nitrogens with zero attached hydrogens (tertiary/aromatic N) is 2. The molecule has 19 heavy (non-hydrogen) atoms. The molecule has 1 aromatic heterocycles. The summed E-state index contributed by atoms with van der Waals surface area (Å²) in [5, 5.41) is 3.54. The van der Waals surface area contributed by atoms with Gasteiger partial charge >= 0.3 is 0 Å². The average Bonchev–Trinajstić information content (AvgIpc) is 2.90. The zero-order valence-corrected chi connectivity index (χ0v) is 10.6. The van der Waals surface area contributed by atoms with E-state index in [2.05, 4.69) is 51.3 Å². The minimum absolute atomic E-state index is 1.04. The fourth-order valence-electron chi connectivity index (χ4n) is 2.84. The van der Waals surface area contributed by atoms with Crippen molar-refractivity contribution in [2.45, 2.75) is 12.8 Å². The number of benzene rings is 2. The van der Waals surface area contributed by atoms with Crippen LogP contribution in [-0.2, 0) is 6.42 Å². The molecular weight excluding hydrogens is 234 g/mol. The molecule has 3 nitrogen and oxygen atoms in total. The van der Waals surface area contributed by atoms with E-state index in [-0.39, 0.29) is 0 Å². The molecule has 1 aliphatic heterocycles. The van der Waals surface area contributed by atoms with Gasteiger partial charge in [0.05, 0.1) is 22.4 Å². The standard InChI is InChI=1S/C16H15N3/c1-2-8-14-13(7-1)18-11-19(14)15-9-3-5-12-6-4-10-17-16(12)15/h1-3,5,7-9,11,17H,4,6,10H2. The second-order valence-electron chi connectivity index (χ2n) is 4.94. The zero-order valence-electron chi connectivity index (χ0n) is 10.6. The van der Waals surface area contributed by atoms with Crippen LogP contribution in [0.25, 0.3) is 16.7 Å². The van der Waals surface area contributed by atoms with Crippen molar-refractivity contribution < 1.29 is 0 Å². The van der Waals surface area contributed by atoms with Crippen molar-refractivity contribution in [3.63, 3.8) is 0 Å². The van der Waals surface area contributed by atoms with Crippen molar-refractivity contribution in [2.75, 3.05) is 11.9 Å². The highest BCUT2D eigenvalue weighted by atomic mass is 15.1. The monoisotopic (exact) mass is 249 g/mol. The predicted octanol–water partition coefficient (Wildman–Crippen LogP) is 3.38. The highest BCUT2D eigenvalue weighted by Gasteiger charge is 2.14. The number of anilines is 1. The van der Waals surface area contributed by atoms with Gasteiger partial charge in [0.25, 0.3) is 0 Å². The van der Waals surface area contributed by atoms with Gasteiger partial charge in [-0.15, -0.1) is 0 Å². The quantitative estimate of drug-likeness (QED) is 0.716. The lowest BCUT2D eigenvalue weighted by molar-refractivity contribution is 0.826. The van der Waals surface area contributed by atoms with Crippen LogP contribution in [0, 0.1) is 0 Å². The van der Waals surface area contributed by atoms with E-state index in [1.807, 2.05) is 12.4 Å². The van der Waals surface area contributed by atoms with Crippen molar-refractivity contribution in [2.24, 2.45) is 0 Å². The molecule has 1 N–H and O–H groups in total. The van der Waals surface area contributed by atoms with E-state index >= 15 is 0 Å². The minimum Gasteiger partial charge on any atom is -0.383 e. The van der Waals surface area contributed by atoms with Gasteiger partial charge in [-0.3, -0.25) is 4.57 Å². The van der Waals surface area contributed by atoms with Crippen LogP contribution in [-0.4, -0.2) is 16.1 Å². The van der Waals surface area contributed by atoms with Crippen molar-refractivity contribution in [1.82, 2.24) is 9.55 Å². The van der Waals surface area contributed by atoms with Gasteiger partial charge in [-0.25, -0.2) is 4.98 Å². The van der Waals surface area contributed by atoms with Crippen LogP contribution in [0.2, 0.25) is 0 Å². The van der Waals surface area contributed by atoms with E-state index in [9.17, 15) is 0 Å². The van der Waals surface area contributed by atoms with Gasteiger partial charge in [-0.1, -0.05) is 24.3 Å². The summed E-state index contributed by atoms with van der Waals surface area (Å²) in [4.78, 5) is 4.48. The Morgan fingerprint density at radius 2 is 2.00 bits per heavy atom. The number of fused-ring (bicyclic) bond motifs is 2. The van der Waals surface area contributed by atoms with Gasteiger partial charge in [-0.2, -0.15) is 0 Å². The van der Waals surface area contributed by atoms with Crippen molar-refractivity contribution in [3.8, 4) is 5.69 Å². The summed E-state index contributed by atoms with van der Waals surface area (Å²) in [7, 11) is 0. The maximum Gasteiger partial charge on any atom is 0.100 e. The number of para-hydroxylation sites is 3. The molecule has 3 heteroatoms. The Kier molecular flexibility index (Phi) is 2.30. The molecule has 2 aromatic carbocycles. The van der Waals surface area contributed by atoms with Gasteiger partial charge in [0.1, 0.15) is 6.33 Å². The summed E-state index contributed by atoms with van der Waals surface area (Å²) >= 11 is 0. The molecule has 0 atom stereocenters. The first-order chi connectivity index (χ1) is 9.43. The first kappa shape index (κ1) is 10.6. The normalized spacial score (nSPS) is 14.1. The second kappa shape index (κ2) is 4.12. The molecule has 4 rings (SSSR count). The van der Waals surface area contributed by atoms with E-state index in [1.165, 1.54) is 23.4 Å². The van der Waals surface area contributed by atoms with E-state index < -0.39 is 0 Å². The molecule has 0 fully saturated rings. The molecule has 0 spiro atoms. The largest absolute Gasteiger partial charge is 0.383 e. The molecule has 94 valence electrons. The summed E-state index contributed by atoms with van der Waals surface area (Å²) in [5.74, 6) is 0. The summed E-state index contributed by atoms with van der Waals surface area (Å²) in [6.07, 6.45) is 4.28. The Morgan fingerprint density at radius 3 is 3.00 bits per heavy atom. The number of aryl methyl sites for hydroxylation is 1. The number of nitrogens with one attached hydrogen (secondary N) is 1. The molecule has 0 saturated carbocycles. The van der Waals surface area contributed by atoms with Crippen LogP contribution in [0.5, 0.6) is 0 Å². The van der Waals surface area contributed by atoms with E-state index in [0.717, 1.165) is 24.0 Å². The lowest BCUT2D eigenvalue weighted by atomic mass is 10.0. The highest BCUT2D eigenvalue weighted by Crippen LogP contribution is 2.30. The van der Waals surface area contributed by atoms with Gasteiger partial charge in [-0.05, 0) is 36.6 Å². The smallest absolute Gasteiger partial charge is 0.100 e. The lowest BCUT2D eigenvalue weighted by Gasteiger charge is -2.21. The number of hydrogen-bond acceptors (Lipinski definition) is 2. The predicted molar refractivity (Wildman–Crippen MR) is 77.9 cm³/mol. The molecular formula is C16H15N3. The molecule has 2 heterocycles. The Morgan fingerprint density at radius 1 is 1.05 bits per heavy atom. The summed E-state index contributed by atoms with van der Waals surface area (Å²) in [5.41, 5.74) is 6.06. The number of hydrogen-bond donors (Lipinski definition) is 1. The van der Waals surface area contributed by atoms with Crippen LogP contribution >= 0.6 is 0 Å². The molecule has 0 bridgehead atoms. The third kappa shape index (κ3) is 1.62. The van der Waals surface area contributed by atoms with Crippen LogP contribution in [0.3, 0.4) is 0 Å².